The first kappa shape index (κ1) is 11.4. The van der Waals surface area contributed by atoms with Crippen molar-refractivity contribution in [3.05, 3.63) is 29.6 Å². The maximum absolute atomic E-state index is 13.6. The molecule has 0 spiro atoms. The fourth-order valence-electron chi connectivity index (χ4n) is 1.96. The number of hydrogen-bond acceptors (Lipinski definition) is 3. The quantitative estimate of drug-likeness (QED) is 0.845. The molecule has 1 unspecified atom stereocenters. The molecule has 0 amide bonds. The average molecular weight is 224 g/mol. The lowest BCUT2D eigenvalue weighted by Gasteiger charge is -2.25. The van der Waals surface area contributed by atoms with Crippen LogP contribution >= 0.6 is 0 Å². The minimum atomic E-state index is -0.231. The second-order valence-electron chi connectivity index (χ2n) is 4.11. The van der Waals surface area contributed by atoms with Crippen LogP contribution in [0.3, 0.4) is 0 Å². The van der Waals surface area contributed by atoms with Crippen molar-refractivity contribution < 1.29 is 9.13 Å². The van der Waals surface area contributed by atoms with E-state index in [9.17, 15) is 4.39 Å². The first-order chi connectivity index (χ1) is 7.72. The van der Waals surface area contributed by atoms with Gasteiger partial charge in [-0.3, -0.25) is 0 Å². The molecule has 1 atom stereocenters. The second-order valence-corrected chi connectivity index (χ2v) is 4.11. The van der Waals surface area contributed by atoms with Crippen LogP contribution in [-0.4, -0.2) is 26.3 Å². The summed E-state index contributed by atoms with van der Waals surface area (Å²) in [5, 5.41) is 0. The van der Waals surface area contributed by atoms with Gasteiger partial charge in [-0.05, 0) is 18.6 Å². The van der Waals surface area contributed by atoms with E-state index in [1.54, 1.807) is 12.1 Å². The normalized spacial score (nSPS) is 20.1. The first-order valence-corrected chi connectivity index (χ1v) is 5.51. The van der Waals surface area contributed by atoms with Crippen LogP contribution in [0.2, 0.25) is 0 Å². The van der Waals surface area contributed by atoms with Crippen LogP contribution in [0.1, 0.15) is 12.0 Å². The van der Waals surface area contributed by atoms with E-state index in [2.05, 4.69) is 4.90 Å². The lowest BCUT2D eigenvalue weighted by atomic mass is 10.1. The topological polar surface area (TPSA) is 38.5 Å². The summed E-state index contributed by atoms with van der Waals surface area (Å²) in [7, 11) is 1.97. The van der Waals surface area contributed by atoms with E-state index >= 15 is 0 Å². The van der Waals surface area contributed by atoms with E-state index in [4.69, 9.17) is 10.5 Å². The standard InChI is InChI=1S/C12H17FN2O/c1-15(11-4-5-16-8-11)10-3-2-9(7-14)12(13)6-10/h2-3,6,11H,4-5,7-8,14H2,1H3. The molecule has 0 aliphatic carbocycles. The molecule has 1 fully saturated rings. The van der Waals surface area contributed by atoms with Crippen LogP contribution in [-0.2, 0) is 11.3 Å². The fraction of sp³-hybridized carbons (Fsp3) is 0.500. The zero-order chi connectivity index (χ0) is 11.5. The molecule has 0 saturated carbocycles. The van der Waals surface area contributed by atoms with Crippen LogP contribution in [0, 0.1) is 5.82 Å². The van der Waals surface area contributed by atoms with E-state index in [-0.39, 0.29) is 12.4 Å². The van der Waals surface area contributed by atoms with Crippen LogP contribution in [0.15, 0.2) is 18.2 Å². The SMILES string of the molecule is CN(c1ccc(CN)c(F)c1)C1CCOC1. The molecule has 1 heterocycles. The molecular formula is C12H17FN2O. The predicted molar refractivity (Wildman–Crippen MR) is 61.9 cm³/mol. The number of benzene rings is 1. The molecule has 1 aliphatic rings. The fourth-order valence-corrected chi connectivity index (χ4v) is 1.96. The number of nitrogens with two attached hydrogens (primary N) is 1. The third kappa shape index (κ3) is 2.18. The number of halogens is 1. The molecule has 3 nitrogen and oxygen atoms in total. The number of likely N-dealkylation sites (N-methyl/N-ethyl adjacent to an activating group) is 1. The van der Waals surface area contributed by atoms with E-state index in [0.29, 0.717) is 11.6 Å². The minimum Gasteiger partial charge on any atom is -0.379 e. The maximum atomic E-state index is 13.6. The molecule has 1 aromatic carbocycles. The van der Waals surface area contributed by atoms with Gasteiger partial charge in [-0.15, -0.1) is 0 Å². The average Bonchev–Trinajstić information content (AvgIpc) is 2.81. The highest BCUT2D eigenvalue weighted by Crippen LogP contribution is 2.22. The van der Waals surface area contributed by atoms with Gasteiger partial charge in [-0.25, -0.2) is 4.39 Å². The summed E-state index contributed by atoms with van der Waals surface area (Å²) in [4.78, 5) is 2.07. The van der Waals surface area contributed by atoms with Crippen molar-refractivity contribution in [3.63, 3.8) is 0 Å². The number of hydrogen-bond donors (Lipinski definition) is 1. The van der Waals surface area contributed by atoms with Gasteiger partial charge in [0.05, 0.1) is 12.6 Å². The largest absolute Gasteiger partial charge is 0.379 e. The zero-order valence-electron chi connectivity index (χ0n) is 9.45. The molecule has 1 saturated heterocycles. The third-order valence-corrected chi connectivity index (χ3v) is 3.12. The summed E-state index contributed by atoms with van der Waals surface area (Å²) in [6.07, 6.45) is 0.997. The van der Waals surface area contributed by atoms with Gasteiger partial charge >= 0.3 is 0 Å². The van der Waals surface area contributed by atoms with Crippen molar-refractivity contribution >= 4 is 5.69 Å². The van der Waals surface area contributed by atoms with Crippen LogP contribution in [0.4, 0.5) is 10.1 Å². The van der Waals surface area contributed by atoms with Crippen molar-refractivity contribution in [2.24, 2.45) is 5.73 Å². The monoisotopic (exact) mass is 224 g/mol. The van der Waals surface area contributed by atoms with Crippen molar-refractivity contribution in [1.29, 1.82) is 0 Å². The first-order valence-electron chi connectivity index (χ1n) is 5.51. The smallest absolute Gasteiger partial charge is 0.129 e. The Labute approximate surface area is 95.0 Å². The Morgan fingerprint density at radius 3 is 2.94 bits per heavy atom. The summed E-state index contributed by atoms with van der Waals surface area (Å²) in [6.45, 7) is 1.75. The molecule has 0 bridgehead atoms. The molecule has 1 aromatic rings. The van der Waals surface area contributed by atoms with Gasteiger partial charge in [0.1, 0.15) is 5.82 Å². The second kappa shape index (κ2) is 4.80. The highest BCUT2D eigenvalue weighted by atomic mass is 19.1. The van der Waals surface area contributed by atoms with Crippen molar-refractivity contribution in [1.82, 2.24) is 0 Å². The van der Waals surface area contributed by atoms with Crippen LogP contribution in [0.25, 0.3) is 0 Å². The maximum Gasteiger partial charge on any atom is 0.129 e. The Bertz CT molecular complexity index is 364. The van der Waals surface area contributed by atoms with Crippen LogP contribution < -0.4 is 10.6 Å². The van der Waals surface area contributed by atoms with E-state index in [0.717, 1.165) is 25.3 Å². The Hall–Kier alpha value is -1.13. The predicted octanol–water partition coefficient (Wildman–Crippen LogP) is 1.51. The molecular weight excluding hydrogens is 207 g/mol. The zero-order valence-corrected chi connectivity index (χ0v) is 9.45. The van der Waals surface area contributed by atoms with E-state index < -0.39 is 0 Å². The summed E-state index contributed by atoms with van der Waals surface area (Å²) in [5.41, 5.74) is 6.86. The number of rotatable bonds is 3. The Balaban J connectivity index is 2.16. The van der Waals surface area contributed by atoms with E-state index in [1.165, 1.54) is 0 Å². The van der Waals surface area contributed by atoms with Crippen LogP contribution in [0.5, 0.6) is 0 Å². The molecule has 88 valence electrons. The summed E-state index contributed by atoms with van der Waals surface area (Å²) in [5.74, 6) is -0.231. The van der Waals surface area contributed by atoms with Gasteiger partial charge in [-0.1, -0.05) is 6.07 Å². The Morgan fingerprint density at radius 1 is 1.56 bits per heavy atom. The molecule has 2 N–H and O–H groups in total. The molecule has 0 radical (unpaired) electrons. The number of anilines is 1. The van der Waals surface area contributed by atoms with E-state index in [1.807, 2.05) is 13.1 Å². The van der Waals surface area contributed by atoms with Gasteiger partial charge in [0, 0.05) is 31.5 Å². The lowest BCUT2D eigenvalue weighted by Crippen LogP contribution is -2.31. The van der Waals surface area contributed by atoms with Gasteiger partial charge in [-0.2, -0.15) is 0 Å². The molecule has 4 heteroatoms. The number of nitrogens with zero attached hydrogens (tertiary/aromatic N) is 1. The summed E-state index contributed by atoms with van der Waals surface area (Å²) in [6, 6.07) is 5.55. The Morgan fingerprint density at radius 2 is 2.38 bits per heavy atom. The Kier molecular flexibility index (Phi) is 3.41. The van der Waals surface area contributed by atoms with Crippen molar-refractivity contribution in [2.75, 3.05) is 25.2 Å². The van der Waals surface area contributed by atoms with Crippen molar-refractivity contribution in [3.8, 4) is 0 Å². The van der Waals surface area contributed by atoms with Gasteiger partial charge in [0.15, 0.2) is 0 Å². The van der Waals surface area contributed by atoms with Gasteiger partial charge in [0.25, 0.3) is 0 Å². The molecule has 2 rings (SSSR count). The van der Waals surface area contributed by atoms with Gasteiger partial charge in [0.2, 0.25) is 0 Å². The van der Waals surface area contributed by atoms with Crippen molar-refractivity contribution in [2.45, 2.75) is 19.0 Å². The molecule has 16 heavy (non-hydrogen) atoms. The molecule has 1 aliphatic heterocycles. The molecule has 0 aromatic heterocycles. The summed E-state index contributed by atoms with van der Waals surface area (Å²) >= 11 is 0. The summed E-state index contributed by atoms with van der Waals surface area (Å²) < 4.78 is 18.9. The highest BCUT2D eigenvalue weighted by molar-refractivity contribution is 5.48. The number of ether oxygens (including phenoxy) is 1. The lowest BCUT2D eigenvalue weighted by molar-refractivity contribution is 0.193. The minimum absolute atomic E-state index is 0.231. The highest BCUT2D eigenvalue weighted by Gasteiger charge is 2.20. The third-order valence-electron chi connectivity index (χ3n) is 3.12. The van der Waals surface area contributed by atoms with Gasteiger partial charge < -0.3 is 15.4 Å².